The Balaban J connectivity index is 2.29. The van der Waals surface area contributed by atoms with Crippen LogP contribution in [0, 0.1) is 11.3 Å². The minimum Gasteiger partial charge on any atom is -0.497 e. The summed E-state index contributed by atoms with van der Waals surface area (Å²) in [6.45, 7) is 0. The fourth-order valence-electron chi connectivity index (χ4n) is 1.63. The molecule has 5 nitrogen and oxygen atoms in total. The minimum atomic E-state index is -3.77. The van der Waals surface area contributed by atoms with Gasteiger partial charge < -0.3 is 4.74 Å². The number of hydrogen-bond donors (Lipinski definition) is 1. The first-order chi connectivity index (χ1) is 9.96. The number of nitrogens with one attached hydrogen (secondary N) is 1. The molecule has 2 rings (SSSR count). The molecule has 0 fully saturated rings. The van der Waals surface area contributed by atoms with Gasteiger partial charge in [-0.05, 0) is 42.5 Å². The smallest absolute Gasteiger partial charge is 0.261 e. The lowest BCUT2D eigenvalue weighted by molar-refractivity contribution is 0.415. The Hall–Kier alpha value is -2.23. The second kappa shape index (κ2) is 6.04. The van der Waals surface area contributed by atoms with Crippen molar-refractivity contribution in [1.82, 2.24) is 0 Å². The number of rotatable bonds is 4. The molecule has 0 spiro atoms. The molecule has 0 heterocycles. The van der Waals surface area contributed by atoms with E-state index in [-0.39, 0.29) is 15.5 Å². The normalized spacial score (nSPS) is 10.7. The van der Waals surface area contributed by atoms with Crippen LogP contribution in [0.3, 0.4) is 0 Å². The molecule has 0 amide bonds. The summed E-state index contributed by atoms with van der Waals surface area (Å²) in [5.74, 6) is 0.624. The zero-order valence-corrected chi connectivity index (χ0v) is 12.6. The van der Waals surface area contributed by atoms with Crippen LogP contribution in [-0.4, -0.2) is 15.5 Å². The van der Waals surface area contributed by atoms with Crippen LogP contribution in [0.1, 0.15) is 5.56 Å². The molecule has 1 N–H and O–H groups in total. The molecule has 0 aromatic heterocycles. The van der Waals surface area contributed by atoms with E-state index in [2.05, 4.69) is 4.72 Å². The van der Waals surface area contributed by atoms with Gasteiger partial charge >= 0.3 is 0 Å². The first-order valence-corrected chi connectivity index (χ1v) is 7.69. The number of halogens is 1. The maximum absolute atomic E-state index is 12.2. The zero-order valence-electron chi connectivity index (χ0n) is 11.0. The summed E-state index contributed by atoms with van der Waals surface area (Å²) in [6, 6.07) is 12.3. The average Bonchev–Trinajstić information content (AvgIpc) is 2.47. The van der Waals surface area contributed by atoms with Crippen molar-refractivity contribution in [3.8, 4) is 11.8 Å². The van der Waals surface area contributed by atoms with E-state index in [1.807, 2.05) is 6.07 Å². The van der Waals surface area contributed by atoms with Gasteiger partial charge in [-0.3, -0.25) is 4.72 Å². The van der Waals surface area contributed by atoms with E-state index in [1.165, 1.54) is 25.3 Å². The van der Waals surface area contributed by atoms with Crippen LogP contribution >= 0.6 is 11.6 Å². The van der Waals surface area contributed by atoms with Crippen molar-refractivity contribution in [2.45, 2.75) is 4.90 Å². The Labute approximate surface area is 127 Å². The standard InChI is InChI=1S/C14H11ClN2O3S/c1-20-12-5-3-11(4-6-12)17-21(18,19)13-7-2-10(9-16)14(15)8-13/h2-8,17H,1H3. The van der Waals surface area contributed by atoms with Crippen LogP contribution in [0.4, 0.5) is 5.69 Å². The van der Waals surface area contributed by atoms with Gasteiger partial charge in [0.25, 0.3) is 10.0 Å². The highest BCUT2D eigenvalue weighted by Crippen LogP contribution is 2.23. The lowest BCUT2D eigenvalue weighted by Crippen LogP contribution is -2.13. The molecule has 0 radical (unpaired) electrons. The molecular weight excluding hydrogens is 312 g/mol. The van der Waals surface area contributed by atoms with Gasteiger partial charge in [0.2, 0.25) is 0 Å². The first kappa shape index (κ1) is 15.2. The molecule has 0 aliphatic carbocycles. The van der Waals surface area contributed by atoms with Crippen molar-refractivity contribution in [1.29, 1.82) is 5.26 Å². The quantitative estimate of drug-likeness (QED) is 0.938. The van der Waals surface area contributed by atoms with Crippen LogP contribution in [0.2, 0.25) is 5.02 Å². The third-order valence-corrected chi connectivity index (χ3v) is 4.41. The van der Waals surface area contributed by atoms with E-state index in [1.54, 1.807) is 24.3 Å². The molecular formula is C14H11ClN2O3S. The maximum atomic E-state index is 12.2. The van der Waals surface area contributed by atoms with Gasteiger partial charge in [-0.25, -0.2) is 8.42 Å². The number of benzene rings is 2. The summed E-state index contributed by atoms with van der Waals surface area (Å²) >= 11 is 5.85. The molecule has 7 heteroatoms. The Morgan fingerprint density at radius 3 is 2.38 bits per heavy atom. The molecule has 0 atom stereocenters. The molecule has 21 heavy (non-hydrogen) atoms. The summed E-state index contributed by atoms with van der Waals surface area (Å²) in [4.78, 5) is -0.0117. The first-order valence-electron chi connectivity index (χ1n) is 5.83. The van der Waals surface area contributed by atoms with E-state index >= 15 is 0 Å². The average molecular weight is 323 g/mol. The molecule has 108 valence electrons. The third-order valence-electron chi connectivity index (χ3n) is 2.71. The zero-order chi connectivity index (χ0) is 15.5. The number of hydrogen-bond acceptors (Lipinski definition) is 4. The van der Waals surface area contributed by atoms with E-state index in [4.69, 9.17) is 21.6 Å². The van der Waals surface area contributed by atoms with Crippen LogP contribution in [-0.2, 0) is 10.0 Å². The SMILES string of the molecule is COc1ccc(NS(=O)(=O)c2ccc(C#N)c(Cl)c2)cc1. The monoisotopic (exact) mass is 322 g/mol. The van der Waals surface area contributed by atoms with Gasteiger partial charge in [-0.2, -0.15) is 5.26 Å². The highest BCUT2D eigenvalue weighted by atomic mass is 35.5. The van der Waals surface area contributed by atoms with Crippen LogP contribution in [0.5, 0.6) is 5.75 Å². The van der Waals surface area contributed by atoms with E-state index in [9.17, 15) is 8.42 Å². The van der Waals surface area contributed by atoms with Crippen molar-refractivity contribution in [3.63, 3.8) is 0 Å². The van der Waals surface area contributed by atoms with Gasteiger partial charge in [0.05, 0.1) is 22.6 Å². The third kappa shape index (κ3) is 3.45. The maximum Gasteiger partial charge on any atom is 0.261 e. The van der Waals surface area contributed by atoms with Gasteiger partial charge in [0, 0.05) is 5.69 Å². The second-order valence-corrected chi connectivity index (χ2v) is 6.18. The second-order valence-electron chi connectivity index (χ2n) is 4.09. The number of nitriles is 1. The van der Waals surface area contributed by atoms with E-state index < -0.39 is 10.0 Å². The highest BCUT2D eigenvalue weighted by molar-refractivity contribution is 7.92. The van der Waals surface area contributed by atoms with Crippen LogP contribution in [0.15, 0.2) is 47.4 Å². The van der Waals surface area contributed by atoms with E-state index in [0.29, 0.717) is 11.4 Å². The summed E-state index contributed by atoms with van der Waals surface area (Å²) in [5.41, 5.74) is 0.622. The van der Waals surface area contributed by atoms with Gasteiger partial charge in [0.15, 0.2) is 0 Å². The van der Waals surface area contributed by atoms with Gasteiger partial charge in [-0.15, -0.1) is 0 Å². The Kier molecular flexibility index (Phi) is 4.36. The molecule has 0 saturated carbocycles. The van der Waals surface area contributed by atoms with Crippen LogP contribution < -0.4 is 9.46 Å². The van der Waals surface area contributed by atoms with Gasteiger partial charge in [0.1, 0.15) is 11.8 Å². The number of nitrogens with zero attached hydrogens (tertiary/aromatic N) is 1. The molecule has 0 bridgehead atoms. The molecule has 0 unspecified atom stereocenters. The van der Waals surface area contributed by atoms with Crippen molar-refractivity contribution in [2.24, 2.45) is 0 Å². The predicted molar refractivity (Wildman–Crippen MR) is 80.0 cm³/mol. The highest BCUT2D eigenvalue weighted by Gasteiger charge is 2.16. The van der Waals surface area contributed by atoms with Gasteiger partial charge in [-0.1, -0.05) is 11.6 Å². The molecule has 0 saturated heterocycles. The fraction of sp³-hybridized carbons (Fsp3) is 0.0714. The lowest BCUT2D eigenvalue weighted by Gasteiger charge is -2.09. The largest absolute Gasteiger partial charge is 0.497 e. The summed E-state index contributed by atoms with van der Waals surface area (Å²) < 4.78 is 31.9. The Morgan fingerprint density at radius 2 is 1.86 bits per heavy atom. The molecule has 0 aliphatic rings. The topological polar surface area (TPSA) is 79.2 Å². The van der Waals surface area contributed by atoms with Crippen LogP contribution in [0.25, 0.3) is 0 Å². The Bertz CT molecular complexity index is 796. The van der Waals surface area contributed by atoms with Crippen molar-refractivity contribution < 1.29 is 13.2 Å². The molecule has 2 aromatic rings. The number of methoxy groups -OCH3 is 1. The Morgan fingerprint density at radius 1 is 1.19 bits per heavy atom. The number of ether oxygens (including phenoxy) is 1. The molecule has 0 aliphatic heterocycles. The summed E-state index contributed by atoms with van der Waals surface area (Å²) in [7, 11) is -2.24. The summed E-state index contributed by atoms with van der Waals surface area (Å²) in [5, 5.41) is 8.88. The fourth-order valence-corrected chi connectivity index (χ4v) is 3.00. The van der Waals surface area contributed by atoms with Crippen molar-refractivity contribution in [3.05, 3.63) is 53.1 Å². The predicted octanol–water partition coefficient (Wildman–Crippen LogP) is 3.02. The molecule has 2 aromatic carbocycles. The summed E-state index contributed by atoms with van der Waals surface area (Å²) in [6.07, 6.45) is 0. The van der Waals surface area contributed by atoms with Crippen molar-refractivity contribution in [2.75, 3.05) is 11.8 Å². The lowest BCUT2D eigenvalue weighted by atomic mass is 10.2. The minimum absolute atomic E-state index is 0.0117. The number of anilines is 1. The van der Waals surface area contributed by atoms with E-state index in [0.717, 1.165) is 0 Å². The number of sulfonamides is 1. The van der Waals surface area contributed by atoms with Crippen molar-refractivity contribution >= 4 is 27.3 Å².